The predicted octanol–water partition coefficient (Wildman–Crippen LogP) is 9.83. The third-order valence-electron chi connectivity index (χ3n) is 10.2. The molecule has 0 N–H and O–H groups in total. The molecule has 0 aliphatic carbocycles. The second kappa shape index (κ2) is 20.2. The van der Waals surface area contributed by atoms with Gasteiger partial charge in [0, 0.05) is 94.7 Å². The van der Waals surface area contributed by atoms with Gasteiger partial charge >= 0.3 is 24.5 Å². The lowest BCUT2D eigenvalue weighted by Gasteiger charge is -2.34. The predicted molar refractivity (Wildman–Crippen MR) is 233 cm³/mol. The fourth-order valence-corrected chi connectivity index (χ4v) is 7.51. The summed E-state index contributed by atoms with van der Waals surface area (Å²) in [5.41, 5.74) is -1.71. The van der Waals surface area contributed by atoms with E-state index in [4.69, 9.17) is 18.9 Å². The van der Waals surface area contributed by atoms with Crippen molar-refractivity contribution in [1.29, 1.82) is 0 Å². The monoisotopic (exact) mass is 945 g/mol. The van der Waals surface area contributed by atoms with E-state index in [2.05, 4.69) is 35.3 Å². The minimum atomic E-state index is -4.46. The Bertz CT molecular complexity index is 2740. The van der Waals surface area contributed by atoms with Gasteiger partial charge in [0.25, 0.3) is 0 Å². The molecule has 2 fully saturated rings. The molecule has 0 bridgehead atoms. The SMILES string of the molecule is O=C(Oc1ccc(Oc2ccc(C(F)(F)F)cn2)cc1)N1CCN(c2cnccn2)CC1.O=C(Oc1ccc(Oc2ccc(C(F)(F)F)cn2)cc1)N1CCN(c2nsc3ccccc23)CC1. The number of piperazine rings is 2. The molecule has 0 radical (unpaired) electrons. The van der Waals surface area contributed by atoms with Gasteiger partial charge in [-0.15, -0.1) is 0 Å². The number of anilines is 2. The molecule has 4 aromatic heterocycles. The second-order valence-electron chi connectivity index (χ2n) is 14.7. The first-order valence-electron chi connectivity index (χ1n) is 20.4. The highest BCUT2D eigenvalue weighted by Gasteiger charge is 2.32. The number of carbonyl (C=O) groups is 2. The maximum atomic E-state index is 12.6. The van der Waals surface area contributed by atoms with Crippen LogP contribution in [0.1, 0.15) is 11.1 Å². The van der Waals surface area contributed by atoms with Crippen molar-refractivity contribution in [3.05, 3.63) is 139 Å². The average molecular weight is 946 g/mol. The van der Waals surface area contributed by atoms with E-state index in [-0.39, 0.29) is 11.8 Å². The van der Waals surface area contributed by atoms with E-state index >= 15 is 0 Å². The molecule has 3 aromatic carbocycles. The van der Waals surface area contributed by atoms with E-state index in [1.165, 1.54) is 35.8 Å². The zero-order chi connectivity index (χ0) is 47.0. The Morgan fingerprint density at radius 3 is 1.45 bits per heavy atom. The van der Waals surface area contributed by atoms with Crippen LogP contribution in [0.3, 0.4) is 0 Å². The van der Waals surface area contributed by atoms with Crippen LogP contribution in [0, 0.1) is 0 Å². The van der Waals surface area contributed by atoms with Crippen LogP contribution in [-0.4, -0.2) is 98.7 Å². The molecule has 2 aliphatic heterocycles. The van der Waals surface area contributed by atoms with Crippen molar-refractivity contribution in [1.82, 2.24) is 34.1 Å². The van der Waals surface area contributed by atoms with Gasteiger partial charge in [0.15, 0.2) is 0 Å². The average Bonchev–Trinajstić information content (AvgIpc) is 3.78. The van der Waals surface area contributed by atoms with E-state index in [9.17, 15) is 35.9 Å². The van der Waals surface area contributed by atoms with Gasteiger partial charge in [0.1, 0.15) is 34.6 Å². The lowest BCUT2D eigenvalue weighted by atomic mass is 10.2. The molecule has 0 spiro atoms. The Morgan fingerprint density at radius 2 is 1.00 bits per heavy atom. The number of rotatable bonds is 8. The number of aromatic nitrogens is 5. The molecule has 0 saturated carbocycles. The standard InChI is InChI=1S/C24H19F3N4O3S.C21H18F3N5O3/c25-24(26,27)16-5-10-21(28-15-16)33-17-6-8-18(9-7-17)34-23(32)31-13-11-30(12-14-31)22-19-3-1-2-4-20(19)35-29-22;22-21(23,24)15-1-6-19(27-13-15)31-16-2-4-17(5-3-16)32-20(30)29-11-9-28(10-12-29)18-14-25-7-8-26-18/h1-10,15H,11-14H2;1-8,13-14H,9-12H2. The van der Waals surface area contributed by atoms with Crippen molar-refractivity contribution in [2.24, 2.45) is 0 Å². The van der Waals surface area contributed by atoms with Crippen LogP contribution in [0.5, 0.6) is 34.8 Å². The maximum absolute atomic E-state index is 12.6. The van der Waals surface area contributed by atoms with Gasteiger partial charge < -0.3 is 38.5 Å². The molecule has 2 aliphatic rings. The number of benzene rings is 3. The Kier molecular flexibility index (Phi) is 13.8. The highest BCUT2D eigenvalue weighted by Crippen LogP contribution is 2.33. The summed E-state index contributed by atoms with van der Waals surface area (Å²) in [5.74, 6) is 3.08. The van der Waals surface area contributed by atoms with Crippen LogP contribution in [0.2, 0.25) is 0 Å². The van der Waals surface area contributed by atoms with E-state index < -0.39 is 35.7 Å². The summed E-state index contributed by atoms with van der Waals surface area (Å²) in [4.78, 5) is 48.1. The molecule has 2 saturated heterocycles. The van der Waals surface area contributed by atoms with Crippen molar-refractivity contribution < 1.29 is 54.9 Å². The Morgan fingerprint density at radius 1 is 0.522 bits per heavy atom. The summed E-state index contributed by atoms with van der Waals surface area (Å²) in [6, 6.07) is 24.5. The Hall–Kier alpha value is -7.75. The molecule has 2 amide bonds. The number of halogens is 6. The van der Waals surface area contributed by atoms with Gasteiger partial charge in [-0.1, -0.05) is 12.1 Å². The summed E-state index contributed by atoms with van der Waals surface area (Å²) in [5, 5.41) is 1.11. The van der Waals surface area contributed by atoms with Crippen molar-refractivity contribution in [3.8, 4) is 34.8 Å². The molecule has 67 heavy (non-hydrogen) atoms. The van der Waals surface area contributed by atoms with E-state index in [1.54, 1.807) is 52.7 Å². The summed E-state index contributed by atoms with van der Waals surface area (Å²) in [7, 11) is 0. The number of fused-ring (bicyclic) bond motifs is 1. The van der Waals surface area contributed by atoms with E-state index in [0.29, 0.717) is 87.7 Å². The molecular formula is C45H37F6N9O6S. The normalized spacial score (nSPS) is 14.2. The van der Waals surface area contributed by atoms with Gasteiger partial charge in [0.2, 0.25) is 11.8 Å². The molecule has 6 heterocycles. The van der Waals surface area contributed by atoms with Crippen molar-refractivity contribution in [3.63, 3.8) is 0 Å². The number of carbonyl (C=O) groups excluding carboxylic acids is 2. The molecule has 15 nitrogen and oxygen atoms in total. The maximum Gasteiger partial charge on any atom is 0.417 e. The molecule has 0 unspecified atom stereocenters. The first kappa shape index (κ1) is 45.8. The van der Waals surface area contributed by atoms with Crippen LogP contribution in [0.15, 0.2) is 128 Å². The summed E-state index contributed by atoms with van der Waals surface area (Å²) in [6.45, 7) is 4.50. The summed E-state index contributed by atoms with van der Waals surface area (Å²) < 4.78 is 103. The summed E-state index contributed by atoms with van der Waals surface area (Å²) >= 11 is 1.46. The van der Waals surface area contributed by atoms with Crippen LogP contribution >= 0.6 is 11.5 Å². The van der Waals surface area contributed by atoms with E-state index in [1.807, 2.05) is 23.1 Å². The minimum Gasteiger partial charge on any atom is -0.439 e. The van der Waals surface area contributed by atoms with Crippen LogP contribution in [-0.2, 0) is 12.4 Å². The van der Waals surface area contributed by atoms with Crippen molar-refractivity contribution in [2.45, 2.75) is 12.4 Å². The Balaban J connectivity index is 0.000000182. The first-order chi connectivity index (χ1) is 32.2. The fourth-order valence-electron chi connectivity index (χ4n) is 6.71. The number of pyridine rings is 2. The smallest absolute Gasteiger partial charge is 0.417 e. The van der Waals surface area contributed by atoms with Gasteiger partial charge in [-0.25, -0.2) is 24.5 Å². The van der Waals surface area contributed by atoms with Gasteiger partial charge in [-0.2, -0.15) is 30.7 Å². The molecule has 22 heteroatoms. The number of hydrogen-bond acceptors (Lipinski definition) is 14. The molecule has 346 valence electrons. The lowest BCUT2D eigenvalue weighted by molar-refractivity contribution is -0.138. The second-order valence-corrected chi connectivity index (χ2v) is 15.5. The number of alkyl halides is 6. The van der Waals surface area contributed by atoms with Crippen molar-refractivity contribution >= 4 is 45.4 Å². The largest absolute Gasteiger partial charge is 0.439 e. The molecule has 0 atom stereocenters. The third-order valence-corrected chi connectivity index (χ3v) is 11.1. The quantitative estimate of drug-likeness (QED) is 0.133. The number of amides is 2. The highest BCUT2D eigenvalue weighted by molar-refractivity contribution is 7.13. The topological polar surface area (TPSA) is 148 Å². The van der Waals surface area contributed by atoms with Gasteiger partial charge in [-0.3, -0.25) is 4.98 Å². The van der Waals surface area contributed by atoms with Crippen LogP contribution in [0.4, 0.5) is 47.6 Å². The molecule has 9 rings (SSSR count). The minimum absolute atomic E-state index is 0.0173. The van der Waals surface area contributed by atoms with Crippen LogP contribution < -0.4 is 28.7 Å². The number of hydrogen-bond donors (Lipinski definition) is 0. The lowest BCUT2D eigenvalue weighted by Crippen LogP contribution is -2.49. The van der Waals surface area contributed by atoms with Crippen LogP contribution in [0.25, 0.3) is 10.1 Å². The van der Waals surface area contributed by atoms with Crippen molar-refractivity contribution in [2.75, 3.05) is 62.2 Å². The number of nitrogens with zero attached hydrogens (tertiary/aromatic N) is 9. The molecular weight excluding hydrogens is 909 g/mol. The third kappa shape index (κ3) is 11.9. The molecule has 7 aromatic rings. The van der Waals surface area contributed by atoms with Gasteiger partial charge in [-0.05, 0) is 84.3 Å². The zero-order valence-electron chi connectivity index (χ0n) is 34.9. The summed E-state index contributed by atoms with van der Waals surface area (Å²) in [6.07, 6.45) is -3.52. The fraction of sp³-hybridized carbons (Fsp3) is 0.222. The van der Waals surface area contributed by atoms with Gasteiger partial charge in [0.05, 0.1) is 22.0 Å². The Labute approximate surface area is 381 Å². The number of ether oxygens (including phenoxy) is 4. The highest BCUT2D eigenvalue weighted by atomic mass is 32.1. The zero-order valence-corrected chi connectivity index (χ0v) is 35.7. The van der Waals surface area contributed by atoms with E-state index in [0.717, 1.165) is 46.0 Å². The first-order valence-corrected chi connectivity index (χ1v) is 21.2.